The van der Waals surface area contributed by atoms with Gasteiger partial charge in [-0.05, 0) is 35.7 Å². The summed E-state index contributed by atoms with van der Waals surface area (Å²) in [6.07, 6.45) is 2.11. The van der Waals surface area contributed by atoms with E-state index in [-0.39, 0.29) is 11.0 Å². The van der Waals surface area contributed by atoms with Crippen molar-refractivity contribution in [1.29, 1.82) is 0 Å². The first-order chi connectivity index (χ1) is 15.7. The Balaban J connectivity index is 1.64. The lowest BCUT2D eigenvalue weighted by Gasteiger charge is -2.19. The van der Waals surface area contributed by atoms with Gasteiger partial charge in [0.2, 0.25) is 5.43 Å². The van der Waals surface area contributed by atoms with Gasteiger partial charge in [-0.2, -0.15) is 0 Å². The fourth-order valence-electron chi connectivity index (χ4n) is 3.76. The van der Waals surface area contributed by atoms with Gasteiger partial charge in [-0.3, -0.25) is 14.5 Å². The Hall–Kier alpha value is -3.77. The molecule has 0 spiro atoms. The monoisotopic (exact) mass is 440 g/mol. The molecule has 2 aromatic heterocycles. The summed E-state index contributed by atoms with van der Waals surface area (Å²) < 4.78 is 6.62. The van der Waals surface area contributed by atoms with Gasteiger partial charge in [0.15, 0.2) is 5.13 Å². The molecule has 0 atom stereocenters. The number of aromatic nitrogens is 1. The largest absolute Gasteiger partial charge is 0.463 e. The van der Waals surface area contributed by atoms with E-state index in [0.29, 0.717) is 22.6 Å². The minimum atomic E-state index is -0.425. The molecule has 2 heterocycles. The van der Waals surface area contributed by atoms with Gasteiger partial charge in [-0.15, -0.1) is 0 Å². The summed E-state index contributed by atoms with van der Waals surface area (Å²) in [5.74, 6) is -0.425. The van der Waals surface area contributed by atoms with Crippen LogP contribution in [0.1, 0.15) is 28.4 Å². The van der Waals surface area contributed by atoms with E-state index in [1.165, 1.54) is 17.6 Å². The Labute approximate surface area is 188 Å². The number of carbonyl (C=O) groups excluding carboxylic acids is 1. The Morgan fingerprint density at radius 2 is 1.78 bits per heavy atom. The van der Waals surface area contributed by atoms with Crippen molar-refractivity contribution < 1.29 is 9.21 Å². The Bertz CT molecular complexity index is 1490. The molecule has 158 valence electrons. The zero-order valence-electron chi connectivity index (χ0n) is 17.4. The summed E-state index contributed by atoms with van der Waals surface area (Å²) in [5.41, 5.74) is 3.07. The van der Waals surface area contributed by atoms with Crippen LogP contribution in [-0.2, 0) is 13.0 Å². The van der Waals surface area contributed by atoms with Crippen molar-refractivity contribution in [3.63, 3.8) is 0 Å². The number of carbonyl (C=O) groups is 1. The van der Waals surface area contributed by atoms with Gasteiger partial charge in [-0.1, -0.05) is 72.9 Å². The van der Waals surface area contributed by atoms with Crippen molar-refractivity contribution in [2.24, 2.45) is 0 Å². The third kappa shape index (κ3) is 3.59. The van der Waals surface area contributed by atoms with Gasteiger partial charge in [0, 0.05) is 0 Å². The smallest absolute Gasteiger partial charge is 0.267 e. The fraction of sp³-hybridized carbons (Fsp3) is 0.115. The van der Waals surface area contributed by atoms with Gasteiger partial charge < -0.3 is 4.42 Å². The van der Waals surface area contributed by atoms with Crippen LogP contribution in [-0.4, -0.2) is 10.9 Å². The average molecular weight is 441 g/mol. The van der Waals surface area contributed by atoms with Gasteiger partial charge in [0.25, 0.3) is 5.91 Å². The molecule has 6 heteroatoms. The summed E-state index contributed by atoms with van der Waals surface area (Å²) in [4.78, 5) is 33.2. The first-order valence-corrected chi connectivity index (χ1v) is 11.2. The standard InChI is InChI=1S/C26H20N2O3S/c1-2-18-11-8-14-22-23(18)27-26(32-22)28(15-17-9-4-3-5-10-17)25(30)20-16-31-21-13-7-6-12-19(21)24(20)29/h3-14,16H,2,15H2,1H3. The van der Waals surface area contributed by atoms with E-state index in [2.05, 4.69) is 6.92 Å². The number of anilines is 1. The van der Waals surface area contributed by atoms with Crippen LogP contribution in [0.25, 0.3) is 21.2 Å². The Morgan fingerprint density at radius 1 is 1.00 bits per heavy atom. The summed E-state index contributed by atoms with van der Waals surface area (Å²) >= 11 is 1.45. The summed E-state index contributed by atoms with van der Waals surface area (Å²) in [7, 11) is 0. The number of aryl methyl sites for hydroxylation is 1. The number of fused-ring (bicyclic) bond motifs is 2. The zero-order valence-corrected chi connectivity index (χ0v) is 18.3. The molecule has 3 aromatic carbocycles. The predicted octanol–water partition coefficient (Wildman–Crippen LogP) is 5.81. The maximum Gasteiger partial charge on any atom is 0.267 e. The van der Waals surface area contributed by atoms with Crippen molar-refractivity contribution in [1.82, 2.24) is 4.98 Å². The van der Waals surface area contributed by atoms with E-state index in [4.69, 9.17) is 9.40 Å². The van der Waals surface area contributed by atoms with Gasteiger partial charge >= 0.3 is 0 Å². The molecular formula is C26H20N2O3S. The summed E-state index contributed by atoms with van der Waals surface area (Å²) in [5, 5.41) is 0.942. The quantitative estimate of drug-likeness (QED) is 0.346. The maximum atomic E-state index is 13.7. The summed E-state index contributed by atoms with van der Waals surface area (Å²) in [6, 6.07) is 22.7. The fourth-order valence-corrected chi connectivity index (χ4v) is 4.77. The maximum absolute atomic E-state index is 13.7. The summed E-state index contributed by atoms with van der Waals surface area (Å²) in [6.45, 7) is 2.38. The molecule has 0 bridgehead atoms. The highest BCUT2D eigenvalue weighted by atomic mass is 32.1. The van der Waals surface area contributed by atoms with Crippen LogP contribution in [0.2, 0.25) is 0 Å². The molecule has 5 nitrogen and oxygen atoms in total. The first-order valence-electron chi connectivity index (χ1n) is 10.4. The third-order valence-corrected chi connectivity index (χ3v) is 6.49. The van der Waals surface area contributed by atoms with E-state index in [0.717, 1.165) is 27.8 Å². The number of amides is 1. The lowest BCUT2D eigenvalue weighted by molar-refractivity contribution is 0.0982. The van der Waals surface area contributed by atoms with Gasteiger partial charge in [0.1, 0.15) is 17.4 Å². The lowest BCUT2D eigenvalue weighted by Crippen LogP contribution is -2.33. The minimum absolute atomic E-state index is 0.00500. The van der Waals surface area contributed by atoms with E-state index in [1.807, 2.05) is 48.5 Å². The molecule has 5 rings (SSSR count). The number of nitrogens with zero attached hydrogens (tertiary/aromatic N) is 2. The molecule has 0 saturated heterocycles. The molecule has 32 heavy (non-hydrogen) atoms. The molecule has 0 radical (unpaired) electrons. The molecule has 0 unspecified atom stereocenters. The predicted molar refractivity (Wildman–Crippen MR) is 128 cm³/mol. The topological polar surface area (TPSA) is 63.4 Å². The molecule has 0 N–H and O–H groups in total. The highest BCUT2D eigenvalue weighted by Gasteiger charge is 2.25. The Morgan fingerprint density at radius 3 is 2.59 bits per heavy atom. The second-order valence-corrected chi connectivity index (χ2v) is 8.47. The van der Waals surface area contributed by atoms with Gasteiger partial charge in [0.05, 0.1) is 22.1 Å². The van der Waals surface area contributed by atoms with Crippen molar-refractivity contribution >= 4 is 43.6 Å². The first kappa shape index (κ1) is 20.2. The molecule has 0 saturated carbocycles. The van der Waals surface area contributed by atoms with Crippen LogP contribution in [0, 0.1) is 0 Å². The minimum Gasteiger partial charge on any atom is -0.463 e. The molecule has 5 aromatic rings. The van der Waals surface area contributed by atoms with E-state index in [1.54, 1.807) is 29.2 Å². The molecule has 0 aliphatic carbocycles. The van der Waals surface area contributed by atoms with Crippen LogP contribution in [0.4, 0.5) is 5.13 Å². The van der Waals surface area contributed by atoms with Crippen molar-refractivity contribution in [3.8, 4) is 0 Å². The molecular weight excluding hydrogens is 420 g/mol. The number of hydrogen-bond donors (Lipinski definition) is 0. The number of para-hydroxylation sites is 2. The zero-order chi connectivity index (χ0) is 22.1. The van der Waals surface area contributed by atoms with Crippen LogP contribution in [0.5, 0.6) is 0 Å². The number of thiazole rings is 1. The van der Waals surface area contributed by atoms with Crippen LogP contribution in [0.3, 0.4) is 0 Å². The van der Waals surface area contributed by atoms with Crippen LogP contribution >= 0.6 is 11.3 Å². The molecule has 1 amide bonds. The second kappa shape index (κ2) is 8.40. The van der Waals surface area contributed by atoms with E-state index < -0.39 is 5.91 Å². The third-order valence-electron chi connectivity index (χ3n) is 5.44. The Kier molecular flexibility index (Phi) is 5.29. The second-order valence-electron chi connectivity index (χ2n) is 7.47. The number of rotatable bonds is 5. The highest BCUT2D eigenvalue weighted by Crippen LogP contribution is 2.32. The van der Waals surface area contributed by atoms with Crippen molar-refractivity contribution in [2.75, 3.05) is 4.90 Å². The van der Waals surface area contributed by atoms with Crippen LogP contribution < -0.4 is 10.3 Å². The lowest BCUT2D eigenvalue weighted by atomic mass is 10.1. The number of hydrogen-bond acceptors (Lipinski definition) is 5. The van der Waals surface area contributed by atoms with Gasteiger partial charge in [-0.25, -0.2) is 4.98 Å². The van der Waals surface area contributed by atoms with Crippen molar-refractivity contribution in [3.05, 3.63) is 106 Å². The SMILES string of the molecule is CCc1cccc2sc(N(Cc3ccccc3)C(=O)c3coc4ccccc4c3=O)nc12. The number of benzene rings is 3. The molecule has 0 aliphatic heterocycles. The highest BCUT2D eigenvalue weighted by molar-refractivity contribution is 7.22. The van der Waals surface area contributed by atoms with E-state index >= 15 is 0 Å². The average Bonchev–Trinajstić information content (AvgIpc) is 3.27. The van der Waals surface area contributed by atoms with E-state index in [9.17, 15) is 9.59 Å². The molecule has 0 aliphatic rings. The normalized spacial score (nSPS) is 11.2. The van der Waals surface area contributed by atoms with Crippen LogP contribution in [0.15, 0.2) is 88.3 Å². The molecule has 0 fully saturated rings. The van der Waals surface area contributed by atoms with Crippen molar-refractivity contribution in [2.45, 2.75) is 19.9 Å².